The number of nitrogens with one attached hydrogen (secondary N) is 1. The van der Waals surface area contributed by atoms with Crippen molar-refractivity contribution >= 4 is 29.0 Å². The SMILES string of the molecule is CSC1=C(Nc2cc(C(F)(F)F)cc(C(F)(F)F)c2)C(=O)c2cncnc2C1=O. The number of fused-ring (bicyclic) bond motifs is 1. The Morgan fingerprint density at radius 2 is 1.52 bits per heavy atom. The highest BCUT2D eigenvalue weighted by molar-refractivity contribution is 8.03. The van der Waals surface area contributed by atoms with Crippen LogP contribution in [0.3, 0.4) is 0 Å². The number of hydrogen-bond acceptors (Lipinski definition) is 6. The minimum atomic E-state index is -5.05. The number of rotatable bonds is 3. The molecule has 3 rings (SSSR count). The summed E-state index contributed by atoms with van der Waals surface area (Å²) in [6.07, 6.45) is -6.58. The average molecular weight is 433 g/mol. The summed E-state index contributed by atoms with van der Waals surface area (Å²) in [5.41, 5.74) is -4.60. The van der Waals surface area contributed by atoms with Crippen molar-refractivity contribution in [2.45, 2.75) is 12.4 Å². The van der Waals surface area contributed by atoms with Gasteiger partial charge in [0.2, 0.25) is 11.6 Å². The molecule has 0 radical (unpaired) electrons. The van der Waals surface area contributed by atoms with Gasteiger partial charge in [-0.2, -0.15) is 26.3 Å². The van der Waals surface area contributed by atoms with E-state index in [9.17, 15) is 35.9 Å². The molecule has 2 aromatic rings. The van der Waals surface area contributed by atoms with Crippen molar-refractivity contribution in [1.82, 2.24) is 9.97 Å². The lowest BCUT2D eigenvalue weighted by Gasteiger charge is -2.21. The molecule has 0 atom stereocenters. The number of Topliss-reactive ketones (excluding diaryl/α,β-unsaturated/α-hetero) is 2. The van der Waals surface area contributed by atoms with Crippen molar-refractivity contribution in [3.8, 4) is 0 Å². The van der Waals surface area contributed by atoms with Crippen LogP contribution in [0.5, 0.6) is 0 Å². The first-order chi connectivity index (χ1) is 13.4. The van der Waals surface area contributed by atoms with Gasteiger partial charge in [-0.25, -0.2) is 9.97 Å². The fourth-order valence-corrected chi connectivity index (χ4v) is 3.25. The first-order valence-electron chi connectivity index (χ1n) is 7.67. The van der Waals surface area contributed by atoms with Gasteiger partial charge in [-0.05, 0) is 24.5 Å². The Morgan fingerprint density at radius 3 is 2.03 bits per heavy atom. The van der Waals surface area contributed by atoms with Crippen molar-refractivity contribution in [1.29, 1.82) is 0 Å². The zero-order chi connectivity index (χ0) is 21.6. The molecule has 1 aromatic carbocycles. The van der Waals surface area contributed by atoms with Crippen molar-refractivity contribution in [2.24, 2.45) is 0 Å². The van der Waals surface area contributed by atoms with Crippen LogP contribution in [0.25, 0.3) is 0 Å². The zero-order valence-electron chi connectivity index (χ0n) is 14.3. The van der Waals surface area contributed by atoms with Crippen LogP contribution in [0.2, 0.25) is 0 Å². The van der Waals surface area contributed by atoms with Crippen LogP contribution in [0.4, 0.5) is 32.0 Å². The molecule has 1 aliphatic rings. The Kier molecular flexibility index (Phi) is 5.15. The lowest BCUT2D eigenvalue weighted by atomic mass is 9.97. The van der Waals surface area contributed by atoms with Crippen LogP contribution < -0.4 is 5.32 Å². The number of benzene rings is 1. The molecule has 0 saturated carbocycles. The second-order valence-electron chi connectivity index (χ2n) is 5.77. The molecule has 5 nitrogen and oxygen atoms in total. The standard InChI is InChI=1S/C17H9F6N3O2S/c1-29-15-12(13(27)10-5-24-6-25-11(10)14(15)28)26-9-3-7(16(18,19)20)2-8(4-9)17(21,22)23/h2-6,26H,1H3. The van der Waals surface area contributed by atoms with E-state index < -0.39 is 46.4 Å². The topological polar surface area (TPSA) is 72.0 Å². The normalized spacial score (nSPS) is 14.9. The molecule has 12 heteroatoms. The lowest BCUT2D eigenvalue weighted by molar-refractivity contribution is -0.143. The lowest BCUT2D eigenvalue weighted by Crippen LogP contribution is -2.26. The number of hydrogen-bond donors (Lipinski definition) is 1. The van der Waals surface area contributed by atoms with Crippen molar-refractivity contribution in [2.75, 3.05) is 11.6 Å². The number of carbonyl (C=O) groups is 2. The Bertz CT molecular complexity index is 1010. The van der Waals surface area contributed by atoms with E-state index in [0.717, 1.165) is 24.3 Å². The fourth-order valence-electron chi connectivity index (χ4n) is 2.62. The third kappa shape index (κ3) is 3.97. The number of aromatic nitrogens is 2. The van der Waals surface area contributed by atoms with Gasteiger partial charge < -0.3 is 5.32 Å². The number of anilines is 1. The molecule has 1 aromatic heterocycles. The molecule has 1 aliphatic carbocycles. The van der Waals surface area contributed by atoms with Crippen molar-refractivity contribution < 1.29 is 35.9 Å². The minimum absolute atomic E-state index is 0.0357. The summed E-state index contributed by atoms with van der Waals surface area (Å²) >= 11 is 0.810. The largest absolute Gasteiger partial charge is 0.416 e. The number of ketones is 2. The first kappa shape index (κ1) is 20.8. The third-order valence-corrected chi connectivity index (χ3v) is 4.69. The van der Waals surface area contributed by atoms with Gasteiger partial charge in [-0.1, -0.05) is 0 Å². The van der Waals surface area contributed by atoms with Gasteiger partial charge in [0.05, 0.1) is 21.6 Å². The molecule has 1 heterocycles. The van der Waals surface area contributed by atoms with Gasteiger partial charge in [0.15, 0.2) is 0 Å². The highest BCUT2D eigenvalue weighted by Gasteiger charge is 2.38. The predicted molar refractivity (Wildman–Crippen MR) is 91.3 cm³/mol. The molecule has 0 spiro atoms. The Balaban J connectivity index is 2.13. The highest BCUT2D eigenvalue weighted by Crippen LogP contribution is 2.39. The Hall–Kier alpha value is -2.89. The Morgan fingerprint density at radius 1 is 0.931 bits per heavy atom. The van der Waals surface area contributed by atoms with Gasteiger partial charge in [0.1, 0.15) is 17.7 Å². The number of alkyl halides is 6. The number of thioether (sulfide) groups is 1. The molecule has 0 bridgehead atoms. The summed E-state index contributed by atoms with van der Waals surface area (Å²) in [6.45, 7) is 0. The molecular weight excluding hydrogens is 424 g/mol. The second-order valence-corrected chi connectivity index (χ2v) is 6.59. The first-order valence-corrected chi connectivity index (χ1v) is 8.90. The Labute approximate surface area is 163 Å². The van der Waals surface area contributed by atoms with Gasteiger partial charge in [-0.15, -0.1) is 11.8 Å². The fraction of sp³-hybridized carbons (Fsp3) is 0.176. The van der Waals surface area contributed by atoms with Crippen molar-refractivity contribution in [3.05, 3.63) is 63.7 Å². The van der Waals surface area contributed by atoms with E-state index in [1.54, 1.807) is 0 Å². The second kappa shape index (κ2) is 7.17. The van der Waals surface area contributed by atoms with Crippen molar-refractivity contribution in [3.63, 3.8) is 0 Å². The summed E-state index contributed by atoms with van der Waals surface area (Å²) in [6, 6.07) is 0.815. The monoisotopic (exact) mass is 433 g/mol. The maximum atomic E-state index is 13.0. The summed E-state index contributed by atoms with van der Waals surface area (Å²) < 4.78 is 78.3. The third-order valence-electron chi connectivity index (χ3n) is 3.89. The van der Waals surface area contributed by atoms with Crippen LogP contribution in [0.15, 0.2) is 41.3 Å². The number of allylic oxidation sites excluding steroid dienone is 2. The molecule has 1 N–H and O–H groups in total. The molecule has 0 unspecified atom stereocenters. The van der Waals surface area contributed by atoms with E-state index in [0.29, 0.717) is 12.1 Å². The van der Waals surface area contributed by atoms with Crippen LogP contribution in [0.1, 0.15) is 32.0 Å². The maximum absolute atomic E-state index is 13.0. The average Bonchev–Trinajstić information content (AvgIpc) is 2.64. The highest BCUT2D eigenvalue weighted by atomic mass is 32.2. The van der Waals surface area contributed by atoms with Crippen LogP contribution in [-0.2, 0) is 12.4 Å². The summed E-state index contributed by atoms with van der Waals surface area (Å²) in [7, 11) is 0. The van der Waals surface area contributed by atoms with Gasteiger partial charge in [0, 0.05) is 11.9 Å². The van der Waals surface area contributed by atoms with Crippen LogP contribution in [-0.4, -0.2) is 27.8 Å². The van der Waals surface area contributed by atoms with Gasteiger partial charge in [-0.3, -0.25) is 9.59 Å². The number of nitrogens with zero attached hydrogens (tertiary/aromatic N) is 2. The van der Waals surface area contributed by atoms with E-state index in [-0.39, 0.29) is 22.2 Å². The molecule has 0 amide bonds. The van der Waals surface area contributed by atoms with E-state index in [1.807, 2.05) is 0 Å². The molecule has 0 aliphatic heterocycles. The van der Waals surface area contributed by atoms with E-state index >= 15 is 0 Å². The van der Waals surface area contributed by atoms with E-state index in [2.05, 4.69) is 15.3 Å². The van der Waals surface area contributed by atoms with Gasteiger partial charge >= 0.3 is 12.4 Å². The van der Waals surface area contributed by atoms with E-state index in [1.165, 1.54) is 6.26 Å². The predicted octanol–water partition coefficient (Wildman–Crippen LogP) is 4.58. The quantitative estimate of drug-likeness (QED) is 0.715. The zero-order valence-corrected chi connectivity index (χ0v) is 15.1. The number of halogens is 6. The summed E-state index contributed by atoms with van der Waals surface area (Å²) in [5.74, 6) is -1.52. The van der Waals surface area contributed by atoms with Crippen LogP contribution in [0, 0.1) is 0 Å². The molecule has 29 heavy (non-hydrogen) atoms. The smallest absolute Gasteiger partial charge is 0.351 e. The van der Waals surface area contributed by atoms with Crippen LogP contribution >= 0.6 is 11.8 Å². The molecule has 0 saturated heterocycles. The summed E-state index contributed by atoms with van der Waals surface area (Å²) in [5, 5.41) is 2.26. The summed E-state index contributed by atoms with van der Waals surface area (Å²) in [4.78, 5) is 32.4. The van der Waals surface area contributed by atoms with E-state index in [4.69, 9.17) is 0 Å². The molecule has 152 valence electrons. The minimum Gasteiger partial charge on any atom is -0.351 e. The number of carbonyl (C=O) groups excluding carboxylic acids is 2. The maximum Gasteiger partial charge on any atom is 0.416 e. The molecule has 0 fully saturated rings. The molecular formula is C17H9F6N3O2S. The van der Waals surface area contributed by atoms with Gasteiger partial charge in [0.25, 0.3) is 0 Å².